The molecule has 1 aromatic rings. The van der Waals surface area contributed by atoms with Gasteiger partial charge < -0.3 is 15.5 Å². The van der Waals surface area contributed by atoms with Crippen LogP contribution in [0.3, 0.4) is 0 Å². The number of nitrogen functional groups attached to an aromatic ring is 1. The van der Waals surface area contributed by atoms with Gasteiger partial charge in [-0.3, -0.25) is 14.7 Å². The van der Waals surface area contributed by atoms with E-state index in [1.807, 2.05) is 6.92 Å². The Labute approximate surface area is 193 Å². The lowest BCUT2D eigenvalue weighted by Gasteiger charge is -2.37. The minimum absolute atomic E-state index is 0.114. The Bertz CT molecular complexity index is 844. The summed E-state index contributed by atoms with van der Waals surface area (Å²) in [5, 5.41) is 5.46. The van der Waals surface area contributed by atoms with Crippen LogP contribution in [0.15, 0.2) is 22.5 Å². The van der Waals surface area contributed by atoms with Crippen molar-refractivity contribution in [3.63, 3.8) is 0 Å². The van der Waals surface area contributed by atoms with E-state index in [0.29, 0.717) is 17.8 Å². The van der Waals surface area contributed by atoms with Gasteiger partial charge in [0.25, 0.3) is 0 Å². The number of oxime groups is 1. The van der Waals surface area contributed by atoms with Crippen molar-refractivity contribution in [1.29, 1.82) is 0 Å². The summed E-state index contributed by atoms with van der Waals surface area (Å²) in [6.07, 6.45) is 7.22. The molecular weight excluding hydrogens is 426 g/mol. The molecule has 0 saturated carbocycles. The van der Waals surface area contributed by atoms with Crippen molar-refractivity contribution in [2.75, 3.05) is 44.8 Å². The number of nitrogens with zero attached hydrogens (tertiary/aromatic N) is 6. The van der Waals surface area contributed by atoms with Crippen molar-refractivity contribution in [2.45, 2.75) is 45.2 Å². The topological polar surface area (TPSA) is 109 Å². The lowest BCUT2D eigenvalue weighted by Crippen LogP contribution is -2.47. The van der Waals surface area contributed by atoms with E-state index >= 15 is 0 Å². The van der Waals surface area contributed by atoms with E-state index in [2.05, 4.69) is 24.9 Å². The van der Waals surface area contributed by atoms with Crippen molar-refractivity contribution >= 4 is 34.4 Å². The Kier molecular flexibility index (Phi) is 7.62. The summed E-state index contributed by atoms with van der Waals surface area (Å²) in [6.45, 7) is 6.26. The smallest absolute Gasteiger partial charge is 0.225 e. The summed E-state index contributed by atoms with van der Waals surface area (Å²) in [7, 11) is 1.60. The maximum absolute atomic E-state index is 13.2. The third-order valence-electron chi connectivity index (χ3n) is 6.62. The number of thioether (sulfide) groups is 1. The second-order valence-corrected chi connectivity index (χ2v) is 9.99. The molecule has 0 bridgehead atoms. The number of carbonyl (C=O) groups is 1. The molecule has 2 saturated heterocycles. The highest BCUT2D eigenvalue weighted by atomic mass is 32.2. The van der Waals surface area contributed by atoms with Gasteiger partial charge in [0, 0.05) is 55.2 Å². The Morgan fingerprint density at radius 2 is 1.81 bits per heavy atom. The van der Waals surface area contributed by atoms with E-state index in [-0.39, 0.29) is 12.0 Å². The lowest BCUT2D eigenvalue weighted by molar-refractivity contribution is -0.138. The van der Waals surface area contributed by atoms with Crippen LogP contribution in [0.4, 0.5) is 5.95 Å². The Morgan fingerprint density at radius 3 is 2.41 bits per heavy atom. The van der Waals surface area contributed by atoms with Crippen LogP contribution < -0.4 is 5.73 Å². The van der Waals surface area contributed by atoms with Gasteiger partial charge in [0.2, 0.25) is 11.9 Å². The molecule has 0 spiro atoms. The Balaban J connectivity index is 1.25. The summed E-state index contributed by atoms with van der Waals surface area (Å²) >= 11 is 1.78. The number of amides is 1. The monoisotopic (exact) mass is 459 g/mol. The molecule has 2 fully saturated rings. The molecule has 174 valence electrons. The van der Waals surface area contributed by atoms with Crippen LogP contribution in [-0.2, 0) is 16.2 Å². The molecule has 3 aliphatic rings. The van der Waals surface area contributed by atoms with E-state index in [9.17, 15) is 4.79 Å². The maximum atomic E-state index is 13.2. The first-order valence-corrected chi connectivity index (χ1v) is 12.4. The lowest BCUT2D eigenvalue weighted by atomic mass is 9.87. The summed E-state index contributed by atoms with van der Waals surface area (Å²) < 4.78 is 0. The van der Waals surface area contributed by atoms with E-state index < -0.39 is 0 Å². The number of aliphatic imine (C=N–C) groups is 1. The molecule has 0 aromatic carbocycles. The van der Waals surface area contributed by atoms with Crippen molar-refractivity contribution in [3.8, 4) is 0 Å². The molecule has 10 heteroatoms. The van der Waals surface area contributed by atoms with Crippen LogP contribution in [0.1, 0.15) is 38.2 Å². The third kappa shape index (κ3) is 5.58. The predicted molar refractivity (Wildman–Crippen MR) is 128 cm³/mol. The second kappa shape index (κ2) is 10.6. The molecule has 9 nitrogen and oxygen atoms in total. The van der Waals surface area contributed by atoms with Gasteiger partial charge in [0.15, 0.2) is 0 Å². The third-order valence-corrected chi connectivity index (χ3v) is 7.62. The highest BCUT2D eigenvalue weighted by molar-refractivity contribution is 8.14. The van der Waals surface area contributed by atoms with Gasteiger partial charge in [0.1, 0.15) is 13.2 Å². The molecule has 4 rings (SSSR count). The number of hydrogen-bond donors (Lipinski definition) is 1. The number of likely N-dealkylation sites (tertiary alicyclic amines) is 2. The summed E-state index contributed by atoms with van der Waals surface area (Å²) in [6, 6.07) is 0.114. The molecule has 2 N–H and O–H groups in total. The fraction of sp³-hybridized carbons (Fsp3) is 0.682. The van der Waals surface area contributed by atoms with Crippen LogP contribution in [0.25, 0.3) is 0 Å². The van der Waals surface area contributed by atoms with Crippen molar-refractivity contribution in [3.05, 3.63) is 18.0 Å². The fourth-order valence-electron chi connectivity index (χ4n) is 4.85. The second-order valence-electron chi connectivity index (χ2n) is 8.77. The molecule has 0 aliphatic carbocycles. The molecule has 1 unspecified atom stereocenters. The SMILES string of the molecule is CO/N=C(\C1CCN(C(=O)C2CCN(Cc3cnc(N)nc3)CC2)CC1)C1CSC(C)=N1. The molecule has 32 heavy (non-hydrogen) atoms. The van der Waals surface area contributed by atoms with E-state index in [0.717, 1.165) is 80.5 Å². The van der Waals surface area contributed by atoms with Crippen molar-refractivity contribution in [1.82, 2.24) is 19.8 Å². The van der Waals surface area contributed by atoms with Crippen LogP contribution in [-0.4, -0.2) is 81.5 Å². The number of nitrogens with two attached hydrogens (primary N) is 1. The number of carbonyl (C=O) groups excluding carboxylic acids is 1. The summed E-state index contributed by atoms with van der Waals surface area (Å²) in [4.78, 5) is 35.6. The first kappa shape index (κ1) is 23.0. The quantitative estimate of drug-likeness (QED) is 0.512. The number of piperidine rings is 2. The van der Waals surface area contributed by atoms with Crippen molar-refractivity contribution in [2.24, 2.45) is 22.0 Å². The van der Waals surface area contributed by atoms with Crippen LogP contribution >= 0.6 is 11.8 Å². The van der Waals surface area contributed by atoms with Gasteiger partial charge in [-0.2, -0.15) is 0 Å². The Morgan fingerprint density at radius 1 is 1.16 bits per heavy atom. The van der Waals surface area contributed by atoms with Gasteiger partial charge in [-0.05, 0) is 45.7 Å². The number of anilines is 1. The maximum Gasteiger partial charge on any atom is 0.225 e. The van der Waals surface area contributed by atoms with Gasteiger partial charge in [0.05, 0.1) is 10.8 Å². The summed E-state index contributed by atoms with van der Waals surface area (Å²) in [5.74, 6) is 2.01. The zero-order valence-corrected chi connectivity index (χ0v) is 19.8. The van der Waals surface area contributed by atoms with Gasteiger partial charge in [-0.25, -0.2) is 9.97 Å². The molecule has 4 heterocycles. The first-order valence-electron chi connectivity index (χ1n) is 11.4. The Hall–Kier alpha value is -2.20. The number of aromatic nitrogens is 2. The minimum Gasteiger partial charge on any atom is -0.399 e. The van der Waals surface area contributed by atoms with Gasteiger partial charge in [-0.1, -0.05) is 5.16 Å². The molecule has 3 aliphatic heterocycles. The van der Waals surface area contributed by atoms with Crippen LogP contribution in [0, 0.1) is 11.8 Å². The predicted octanol–water partition coefficient (Wildman–Crippen LogP) is 2.05. The average molecular weight is 460 g/mol. The summed E-state index contributed by atoms with van der Waals surface area (Å²) in [5.41, 5.74) is 7.66. The van der Waals surface area contributed by atoms with E-state index in [1.165, 1.54) is 0 Å². The van der Waals surface area contributed by atoms with Gasteiger partial charge in [-0.15, -0.1) is 11.8 Å². The molecular formula is C22H33N7O2S. The highest BCUT2D eigenvalue weighted by Gasteiger charge is 2.35. The van der Waals surface area contributed by atoms with E-state index in [1.54, 1.807) is 31.3 Å². The number of rotatable bonds is 6. The zero-order valence-electron chi connectivity index (χ0n) is 18.9. The average Bonchev–Trinajstić information content (AvgIpc) is 3.25. The normalized spacial score (nSPS) is 23.9. The molecule has 1 atom stereocenters. The number of hydrogen-bond acceptors (Lipinski definition) is 9. The van der Waals surface area contributed by atoms with Crippen LogP contribution in [0.2, 0.25) is 0 Å². The first-order chi connectivity index (χ1) is 15.5. The van der Waals surface area contributed by atoms with Crippen LogP contribution in [0.5, 0.6) is 0 Å². The standard InChI is InChI=1S/C22H33N7O2S/c1-15-26-19(14-32-15)20(27-31-2)17-5-9-29(10-6-17)21(30)18-3-7-28(8-4-18)13-16-11-24-22(23)25-12-16/h11-12,17-19H,3-10,13-14H2,1-2H3,(H2,23,24,25)/b27-20+. The van der Waals surface area contributed by atoms with E-state index in [4.69, 9.17) is 15.6 Å². The molecule has 1 aromatic heterocycles. The van der Waals surface area contributed by atoms with Gasteiger partial charge >= 0.3 is 0 Å². The molecule has 0 radical (unpaired) electrons. The molecule has 1 amide bonds. The largest absolute Gasteiger partial charge is 0.399 e. The minimum atomic E-state index is 0.114. The highest BCUT2D eigenvalue weighted by Crippen LogP contribution is 2.29. The zero-order chi connectivity index (χ0) is 22.5. The fourth-order valence-corrected chi connectivity index (χ4v) is 5.70. The van der Waals surface area contributed by atoms with Crippen molar-refractivity contribution < 1.29 is 9.63 Å².